The quantitative estimate of drug-likeness (QED) is 0.796. The Hall–Kier alpha value is -1.60. The first-order chi connectivity index (χ1) is 7.38. The van der Waals surface area contributed by atoms with E-state index >= 15 is 0 Å². The predicted octanol–water partition coefficient (Wildman–Crippen LogP) is 0.285. The molecular formula is C9H12N2O4S. The molecule has 0 aromatic heterocycles. The number of carboxylic acids is 1. The lowest BCUT2D eigenvalue weighted by Crippen LogP contribution is -2.35. The summed E-state index contributed by atoms with van der Waals surface area (Å²) in [5, 5.41) is 8.68. The zero-order valence-corrected chi connectivity index (χ0v) is 9.65. The number of carbonyl (C=O) groups is 1. The van der Waals surface area contributed by atoms with Crippen LogP contribution in [-0.2, 0) is 10.2 Å². The summed E-state index contributed by atoms with van der Waals surface area (Å²) in [5.74, 6) is -1.05. The van der Waals surface area contributed by atoms with Gasteiger partial charge < -0.3 is 5.11 Å². The third kappa shape index (κ3) is 2.50. The molecule has 0 saturated heterocycles. The maximum atomic E-state index is 11.4. The van der Waals surface area contributed by atoms with Crippen LogP contribution in [0.3, 0.4) is 0 Å². The van der Waals surface area contributed by atoms with Crippen molar-refractivity contribution < 1.29 is 18.3 Å². The minimum Gasteiger partial charge on any atom is -0.478 e. The molecule has 0 spiro atoms. The summed E-state index contributed by atoms with van der Waals surface area (Å²) in [5.41, 5.74) is 0.498. The summed E-state index contributed by atoms with van der Waals surface area (Å²) < 4.78 is 26.0. The molecule has 0 atom stereocenters. The Morgan fingerprint density at radius 3 is 2.19 bits per heavy atom. The number of rotatable bonds is 4. The average molecular weight is 244 g/mol. The zero-order valence-electron chi connectivity index (χ0n) is 8.84. The fourth-order valence-electron chi connectivity index (χ4n) is 1.09. The lowest BCUT2D eigenvalue weighted by atomic mass is 10.2. The molecule has 0 heterocycles. The van der Waals surface area contributed by atoms with Crippen molar-refractivity contribution >= 4 is 21.9 Å². The Morgan fingerprint density at radius 2 is 1.81 bits per heavy atom. The summed E-state index contributed by atoms with van der Waals surface area (Å²) in [4.78, 5) is 10.6. The maximum Gasteiger partial charge on any atom is 0.335 e. The number of nitrogens with zero attached hydrogens (tertiary/aromatic N) is 1. The molecule has 2 N–H and O–H groups in total. The first kappa shape index (κ1) is 12.5. The lowest BCUT2D eigenvalue weighted by molar-refractivity contribution is 0.0697. The average Bonchev–Trinajstić information content (AvgIpc) is 2.28. The lowest BCUT2D eigenvalue weighted by Gasteiger charge is -2.18. The van der Waals surface area contributed by atoms with Gasteiger partial charge in [0.1, 0.15) is 0 Å². The van der Waals surface area contributed by atoms with Crippen LogP contribution in [0.1, 0.15) is 10.4 Å². The first-order valence-electron chi connectivity index (χ1n) is 4.39. The number of carboxylic acid groups (broad SMARTS) is 1. The van der Waals surface area contributed by atoms with E-state index in [1.165, 1.54) is 38.4 Å². The molecular weight excluding hydrogens is 232 g/mol. The van der Waals surface area contributed by atoms with Crippen molar-refractivity contribution in [2.75, 3.05) is 18.4 Å². The normalized spacial score (nSPS) is 11.1. The molecule has 16 heavy (non-hydrogen) atoms. The number of anilines is 1. The third-order valence-corrected chi connectivity index (χ3v) is 3.54. The first-order valence-corrected chi connectivity index (χ1v) is 5.83. The van der Waals surface area contributed by atoms with Crippen LogP contribution in [0.5, 0.6) is 0 Å². The Labute approximate surface area is 93.7 Å². The maximum absolute atomic E-state index is 11.4. The SMILES string of the molecule is CNS(=O)(=O)N(C)c1ccc(C(=O)O)cc1. The van der Waals surface area contributed by atoms with Crippen LogP contribution in [0.2, 0.25) is 0 Å². The van der Waals surface area contributed by atoms with Gasteiger partial charge in [-0.25, -0.2) is 9.52 Å². The highest BCUT2D eigenvalue weighted by Crippen LogP contribution is 2.15. The molecule has 6 nitrogen and oxygen atoms in total. The molecule has 88 valence electrons. The Balaban J connectivity index is 3.03. The number of aromatic carboxylic acids is 1. The highest BCUT2D eigenvalue weighted by molar-refractivity contribution is 7.90. The van der Waals surface area contributed by atoms with Crippen molar-refractivity contribution in [2.45, 2.75) is 0 Å². The molecule has 0 saturated carbocycles. The topological polar surface area (TPSA) is 86.7 Å². The van der Waals surface area contributed by atoms with Crippen molar-refractivity contribution in [3.63, 3.8) is 0 Å². The summed E-state index contributed by atoms with van der Waals surface area (Å²) in [6, 6.07) is 5.55. The minimum absolute atomic E-state index is 0.110. The second kappa shape index (κ2) is 4.50. The van der Waals surface area contributed by atoms with E-state index in [0.717, 1.165) is 4.31 Å². The Kier molecular flexibility index (Phi) is 3.51. The zero-order chi connectivity index (χ0) is 12.3. The van der Waals surface area contributed by atoms with Crippen molar-refractivity contribution in [3.8, 4) is 0 Å². The van der Waals surface area contributed by atoms with Gasteiger partial charge in [-0.2, -0.15) is 8.42 Å². The van der Waals surface area contributed by atoms with Crippen LogP contribution in [0.4, 0.5) is 5.69 Å². The summed E-state index contributed by atoms with van der Waals surface area (Å²) >= 11 is 0. The molecule has 0 radical (unpaired) electrons. The van der Waals surface area contributed by atoms with Crippen LogP contribution in [0, 0.1) is 0 Å². The molecule has 0 aliphatic heterocycles. The second-order valence-corrected chi connectivity index (χ2v) is 4.93. The van der Waals surface area contributed by atoms with Crippen LogP contribution in [0.25, 0.3) is 0 Å². The monoisotopic (exact) mass is 244 g/mol. The fraction of sp³-hybridized carbons (Fsp3) is 0.222. The van der Waals surface area contributed by atoms with E-state index in [-0.39, 0.29) is 5.56 Å². The number of nitrogens with one attached hydrogen (secondary N) is 1. The van der Waals surface area contributed by atoms with Gasteiger partial charge in [-0.3, -0.25) is 4.31 Å². The van der Waals surface area contributed by atoms with Gasteiger partial charge in [-0.15, -0.1) is 0 Å². The van der Waals surface area contributed by atoms with Gasteiger partial charge in [0.2, 0.25) is 0 Å². The van der Waals surface area contributed by atoms with Crippen molar-refractivity contribution in [1.82, 2.24) is 4.72 Å². The van der Waals surface area contributed by atoms with Gasteiger partial charge in [-0.1, -0.05) is 0 Å². The number of hydrogen-bond donors (Lipinski definition) is 2. The van der Waals surface area contributed by atoms with Crippen molar-refractivity contribution in [1.29, 1.82) is 0 Å². The number of benzene rings is 1. The second-order valence-electron chi connectivity index (χ2n) is 3.03. The molecule has 1 aromatic carbocycles. The molecule has 0 unspecified atom stereocenters. The fourth-order valence-corrected chi connectivity index (χ4v) is 1.76. The predicted molar refractivity (Wildman–Crippen MR) is 59.8 cm³/mol. The van der Waals surface area contributed by atoms with Gasteiger partial charge in [0.15, 0.2) is 0 Å². The van der Waals surface area contributed by atoms with E-state index in [1.54, 1.807) is 0 Å². The Bertz CT molecular complexity index is 481. The van der Waals surface area contributed by atoms with Gasteiger partial charge in [0, 0.05) is 14.1 Å². The van der Waals surface area contributed by atoms with E-state index in [2.05, 4.69) is 4.72 Å². The van der Waals surface area contributed by atoms with Gasteiger partial charge in [0.05, 0.1) is 11.3 Å². The molecule has 0 aliphatic carbocycles. The third-order valence-electron chi connectivity index (χ3n) is 2.10. The summed E-state index contributed by atoms with van der Waals surface area (Å²) in [7, 11) is -0.869. The van der Waals surface area contributed by atoms with Crippen molar-refractivity contribution in [2.24, 2.45) is 0 Å². The van der Waals surface area contributed by atoms with Crippen molar-refractivity contribution in [3.05, 3.63) is 29.8 Å². The van der Waals surface area contributed by atoms with Gasteiger partial charge in [0.25, 0.3) is 0 Å². The van der Waals surface area contributed by atoms with Crippen LogP contribution < -0.4 is 9.03 Å². The van der Waals surface area contributed by atoms with Gasteiger partial charge >= 0.3 is 16.2 Å². The van der Waals surface area contributed by atoms with E-state index < -0.39 is 16.2 Å². The molecule has 1 rings (SSSR count). The summed E-state index contributed by atoms with van der Waals surface area (Å²) in [6.45, 7) is 0. The standard InChI is InChI=1S/C9H12N2O4S/c1-10-16(14,15)11(2)8-5-3-7(4-6-8)9(12)13/h3-6,10H,1-2H3,(H,12,13). The molecule has 1 aromatic rings. The molecule has 0 bridgehead atoms. The van der Waals surface area contributed by atoms with E-state index in [0.29, 0.717) is 5.69 Å². The smallest absolute Gasteiger partial charge is 0.335 e. The number of hydrogen-bond acceptors (Lipinski definition) is 3. The highest BCUT2D eigenvalue weighted by Gasteiger charge is 2.15. The van der Waals surface area contributed by atoms with Crippen LogP contribution in [0.15, 0.2) is 24.3 Å². The summed E-state index contributed by atoms with van der Waals surface area (Å²) in [6.07, 6.45) is 0. The van der Waals surface area contributed by atoms with Crippen LogP contribution >= 0.6 is 0 Å². The van der Waals surface area contributed by atoms with E-state index in [1.807, 2.05) is 0 Å². The molecule has 0 aliphatic rings. The van der Waals surface area contributed by atoms with E-state index in [9.17, 15) is 13.2 Å². The molecule has 0 amide bonds. The minimum atomic E-state index is -3.55. The highest BCUT2D eigenvalue weighted by atomic mass is 32.2. The largest absolute Gasteiger partial charge is 0.478 e. The van der Waals surface area contributed by atoms with E-state index in [4.69, 9.17) is 5.11 Å². The van der Waals surface area contributed by atoms with Gasteiger partial charge in [-0.05, 0) is 24.3 Å². The molecule has 7 heteroatoms. The van der Waals surface area contributed by atoms with Crippen LogP contribution in [-0.4, -0.2) is 33.6 Å². The Morgan fingerprint density at radius 1 is 1.31 bits per heavy atom. The molecule has 0 fully saturated rings.